The fourth-order valence-electron chi connectivity index (χ4n) is 2.79. The highest BCUT2D eigenvalue weighted by Gasteiger charge is 2.39. The van der Waals surface area contributed by atoms with Crippen molar-refractivity contribution in [3.8, 4) is 0 Å². The van der Waals surface area contributed by atoms with Crippen molar-refractivity contribution < 1.29 is 14.6 Å². The lowest BCUT2D eigenvalue weighted by atomic mass is 9.90. The zero-order chi connectivity index (χ0) is 16.0. The molecule has 0 radical (unpaired) electrons. The number of methoxy groups -OCH3 is 1. The van der Waals surface area contributed by atoms with E-state index in [9.17, 15) is 9.90 Å². The van der Waals surface area contributed by atoms with Crippen LogP contribution in [0.15, 0.2) is 30.3 Å². The Labute approximate surface area is 132 Å². The maximum Gasteiger partial charge on any atom is 0.252 e. The number of carbonyl (C=O) groups is 1. The molecule has 0 saturated carbocycles. The van der Waals surface area contributed by atoms with Gasteiger partial charge < -0.3 is 20.1 Å². The lowest BCUT2D eigenvalue weighted by molar-refractivity contribution is -0.145. The van der Waals surface area contributed by atoms with Crippen LogP contribution in [-0.4, -0.2) is 61.4 Å². The number of rotatable bonds is 6. The number of nitrogens with zero attached hydrogens (tertiary/aromatic N) is 1. The minimum Gasteiger partial charge on any atom is -0.383 e. The van der Waals surface area contributed by atoms with E-state index >= 15 is 0 Å². The predicted molar refractivity (Wildman–Crippen MR) is 85.6 cm³/mol. The minimum absolute atomic E-state index is 0.136. The van der Waals surface area contributed by atoms with Gasteiger partial charge >= 0.3 is 0 Å². The number of ether oxygens (including phenoxy) is 1. The number of benzene rings is 1. The average Bonchev–Trinajstić information content (AvgIpc) is 2.51. The second kappa shape index (κ2) is 7.72. The smallest absolute Gasteiger partial charge is 0.252 e. The van der Waals surface area contributed by atoms with Gasteiger partial charge in [-0.05, 0) is 31.9 Å². The average molecular weight is 306 g/mol. The van der Waals surface area contributed by atoms with Gasteiger partial charge in [-0.3, -0.25) is 4.79 Å². The Kier molecular flexibility index (Phi) is 5.94. The fourth-order valence-corrected chi connectivity index (χ4v) is 2.79. The van der Waals surface area contributed by atoms with E-state index < -0.39 is 5.60 Å². The van der Waals surface area contributed by atoms with Crippen LogP contribution in [0.3, 0.4) is 0 Å². The first kappa shape index (κ1) is 16.9. The van der Waals surface area contributed by atoms with E-state index in [0.717, 1.165) is 18.7 Å². The van der Waals surface area contributed by atoms with Crippen LogP contribution in [0.2, 0.25) is 0 Å². The van der Waals surface area contributed by atoms with Gasteiger partial charge in [-0.2, -0.15) is 0 Å². The van der Waals surface area contributed by atoms with E-state index in [2.05, 4.69) is 10.2 Å². The number of amides is 1. The van der Waals surface area contributed by atoms with E-state index in [1.165, 1.54) is 0 Å². The summed E-state index contributed by atoms with van der Waals surface area (Å²) in [7, 11) is 3.62. The Bertz CT molecular complexity index is 470. The van der Waals surface area contributed by atoms with Gasteiger partial charge in [-0.1, -0.05) is 30.3 Å². The third-order valence-electron chi connectivity index (χ3n) is 4.26. The largest absolute Gasteiger partial charge is 0.383 e. The SMILES string of the molecule is COC[C@H](Cc1ccccc1)NC(=O)C1(O)CCN(C)CC1. The summed E-state index contributed by atoms with van der Waals surface area (Å²) in [6.45, 7) is 1.89. The van der Waals surface area contributed by atoms with Crippen LogP contribution >= 0.6 is 0 Å². The molecule has 1 aliphatic heterocycles. The maximum absolute atomic E-state index is 12.5. The van der Waals surface area contributed by atoms with Crippen molar-refractivity contribution in [2.45, 2.75) is 30.9 Å². The van der Waals surface area contributed by atoms with E-state index in [0.29, 0.717) is 25.9 Å². The lowest BCUT2D eigenvalue weighted by Crippen LogP contribution is -2.56. The standard InChI is InChI=1S/C17H26N2O3/c1-19-10-8-17(21,9-11-19)16(20)18-15(13-22-2)12-14-6-4-3-5-7-14/h3-7,15,21H,8-13H2,1-2H3,(H,18,20)/t15-/m0/s1. The van der Waals surface area contributed by atoms with E-state index in [1.54, 1.807) is 7.11 Å². The summed E-state index contributed by atoms with van der Waals surface area (Å²) < 4.78 is 5.21. The van der Waals surface area contributed by atoms with Gasteiger partial charge in [0.25, 0.3) is 5.91 Å². The molecule has 1 aliphatic rings. The Morgan fingerprint density at radius 1 is 1.36 bits per heavy atom. The fraction of sp³-hybridized carbons (Fsp3) is 0.588. The molecular weight excluding hydrogens is 280 g/mol. The van der Waals surface area contributed by atoms with Gasteiger partial charge in [0, 0.05) is 20.2 Å². The van der Waals surface area contributed by atoms with Crippen LogP contribution in [0.25, 0.3) is 0 Å². The highest BCUT2D eigenvalue weighted by molar-refractivity contribution is 5.85. The molecule has 22 heavy (non-hydrogen) atoms. The summed E-state index contributed by atoms with van der Waals surface area (Å²) in [5.74, 6) is -0.279. The number of aliphatic hydroxyl groups is 1. The number of carbonyl (C=O) groups excluding carboxylic acids is 1. The highest BCUT2D eigenvalue weighted by atomic mass is 16.5. The second-order valence-corrected chi connectivity index (χ2v) is 6.15. The van der Waals surface area contributed by atoms with Gasteiger partial charge in [-0.15, -0.1) is 0 Å². The van der Waals surface area contributed by atoms with Gasteiger partial charge in [0.15, 0.2) is 0 Å². The molecule has 1 fully saturated rings. The molecule has 1 aromatic carbocycles. The normalized spacial score (nSPS) is 19.6. The summed E-state index contributed by atoms with van der Waals surface area (Å²) in [6, 6.07) is 9.84. The summed E-state index contributed by atoms with van der Waals surface area (Å²) in [5, 5.41) is 13.5. The summed E-state index contributed by atoms with van der Waals surface area (Å²) in [5.41, 5.74) is -0.116. The number of piperidine rings is 1. The third-order valence-corrected chi connectivity index (χ3v) is 4.26. The molecule has 0 bridgehead atoms. The van der Waals surface area contributed by atoms with Gasteiger partial charge in [0.05, 0.1) is 12.6 Å². The Morgan fingerprint density at radius 3 is 2.59 bits per heavy atom. The molecular formula is C17H26N2O3. The van der Waals surface area contributed by atoms with Crippen molar-refractivity contribution in [2.24, 2.45) is 0 Å². The molecule has 5 heteroatoms. The summed E-state index contributed by atoms with van der Waals surface area (Å²) >= 11 is 0. The van der Waals surface area contributed by atoms with Crippen LogP contribution < -0.4 is 5.32 Å². The number of hydrogen-bond donors (Lipinski definition) is 2. The molecule has 0 aromatic heterocycles. The Morgan fingerprint density at radius 2 is 2.00 bits per heavy atom. The third kappa shape index (κ3) is 4.53. The van der Waals surface area contributed by atoms with Crippen LogP contribution in [0.4, 0.5) is 0 Å². The molecule has 122 valence electrons. The molecule has 1 aromatic rings. The molecule has 1 saturated heterocycles. The first-order valence-corrected chi connectivity index (χ1v) is 7.78. The molecule has 1 atom stereocenters. The number of nitrogens with one attached hydrogen (secondary N) is 1. The van der Waals surface area contributed by atoms with Crippen molar-refractivity contribution >= 4 is 5.91 Å². The van der Waals surface area contributed by atoms with Crippen molar-refractivity contribution in [1.82, 2.24) is 10.2 Å². The second-order valence-electron chi connectivity index (χ2n) is 6.15. The predicted octanol–water partition coefficient (Wildman–Crippen LogP) is 0.817. The molecule has 1 heterocycles. The van der Waals surface area contributed by atoms with Gasteiger partial charge in [0.2, 0.25) is 0 Å². The summed E-state index contributed by atoms with van der Waals surface area (Å²) in [6.07, 6.45) is 1.64. The molecule has 5 nitrogen and oxygen atoms in total. The monoisotopic (exact) mass is 306 g/mol. The molecule has 1 amide bonds. The maximum atomic E-state index is 12.5. The van der Waals surface area contributed by atoms with E-state index in [4.69, 9.17) is 4.74 Å². The zero-order valence-electron chi connectivity index (χ0n) is 13.4. The first-order chi connectivity index (χ1) is 10.5. The number of likely N-dealkylation sites (tertiary alicyclic amines) is 1. The highest BCUT2D eigenvalue weighted by Crippen LogP contribution is 2.22. The van der Waals surface area contributed by atoms with Crippen molar-refractivity contribution in [3.63, 3.8) is 0 Å². The Hall–Kier alpha value is -1.43. The van der Waals surface area contributed by atoms with Crippen molar-refractivity contribution in [2.75, 3.05) is 33.9 Å². The lowest BCUT2D eigenvalue weighted by Gasteiger charge is -2.36. The number of hydrogen-bond acceptors (Lipinski definition) is 4. The molecule has 0 unspecified atom stereocenters. The molecule has 0 spiro atoms. The van der Waals surface area contributed by atoms with Crippen molar-refractivity contribution in [1.29, 1.82) is 0 Å². The quantitative estimate of drug-likeness (QED) is 0.817. The van der Waals surface area contributed by atoms with Crippen LogP contribution in [-0.2, 0) is 16.0 Å². The topological polar surface area (TPSA) is 61.8 Å². The first-order valence-electron chi connectivity index (χ1n) is 7.78. The molecule has 2 rings (SSSR count). The van der Waals surface area contributed by atoms with Crippen molar-refractivity contribution in [3.05, 3.63) is 35.9 Å². The van der Waals surface area contributed by atoms with Gasteiger partial charge in [0.1, 0.15) is 5.60 Å². The minimum atomic E-state index is -1.25. The summed E-state index contributed by atoms with van der Waals surface area (Å²) in [4.78, 5) is 14.6. The molecule has 2 N–H and O–H groups in total. The Balaban J connectivity index is 1.96. The van der Waals surface area contributed by atoms with Crippen LogP contribution in [0.1, 0.15) is 18.4 Å². The van der Waals surface area contributed by atoms with E-state index in [-0.39, 0.29) is 11.9 Å². The van der Waals surface area contributed by atoms with Crippen LogP contribution in [0.5, 0.6) is 0 Å². The van der Waals surface area contributed by atoms with Gasteiger partial charge in [-0.25, -0.2) is 0 Å². The van der Waals surface area contributed by atoms with E-state index in [1.807, 2.05) is 37.4 Å². The van der Waals surface area contributed by atoms with Crippen LogP contribution in [0, 0.1) is 0 Å². The molecule has 0 aliphatic carbocycles. The zero-order valence-corrected chi connectivity index (χ0v) is 13.4.